The Bertz CT molecular complexity index is 727. The van der Waals surface area contributed by atoms with Crippen LogP contribution in [-0.4, -0.2) is 22.6 Å². The second kappa shape index (κ2) is 6.69. The lowest BCUT2D eigenvalue weighted by molar-refractivity contribution is 0.102. The summed E-state index contributed by atoms with van der Waals surface area (Å²) in [7, 11) is 0. The van der Waals surface area contributed by atoms with Crippen LogP contribution in [0.25, 0.3) is 0 Å². The van der Waals surface area contributed by atoms with Gasteiger partial charge in [-0.3, -0.25) is 9.78 Å². The maximum absolute atomic E-state index is 12.2. The molecule has 21 heavy (non-hydrogen) atoms. The van der Waals surface area contributed by atoms with E-state index in [-0.39, 0.29) is 12.5 Å². The van der Waals surface area contributed by atoms with Gasteiger partial charge in [0.15, 0.2) is 0 Å². The summed E-state index contributed by atoms with van der Waals surface area (Å²) >= 11 is 0. The number of aryl methyl sites for hydroxylation is 2. The van der Waals surface area contributed by atoms with Crippen LogP contribution in [-0.2, 0) is 0 Å². The molecule has 0 saturated heterocycles. The van der Waals surface area contributed by atoms with Crippen molar-refractivity contribution in [3.8, 4) is 11.8 Å². The number of aromatic nitrogens is 1. The lowest BCUT2D eigenvalue weighted by Gasteiger charge is -2.10. The number of carbonyl (C=O) groups excluding carboxylic acids is 1. The average molecular weight is 280 g/mol. The molecule has 2 aromatic rings. The molecule has 0 spiro atoms. The van der Waals surface area contributed by atoms with E-state index in [0.717, 1.165) is 16.8 Å². The number of rotatable bonds is 2. The number of carbonyl (C=O) groups is 1. The molecule has 2 N–H and O–H groups in total. The third kappa shape index (κ3) is 3.68. The van der Waals surface area contributed by atoms with Crippen LogP contribution in [0.4, 0.5) is 5.69 Å². The van der Waals surface area contributed by atoms with E-state index in [1.54, 1.807) is 37.4 Å². The Morgan fingerprint density at radius 3 is 2.81 bits per heavy atom. The van der Waals surface area contributed by atoms with Crippen LogP contribution in [0.3, 0.4) is 0 Å². The van der Waals surface area contributed by atoms with E-state index in [9.17, 15) is 4.79 Å². The number of hydrogen-bond acceptors (Lipinski definition) is 3. The standard InChI is InChI=1S/C17H16N2O2/c1-12-11-14(5-4-10-20)7-8-16(12)19-17(21)15-6-3-9-18-13(15)2/h3,6-9,11,20H,10H2,1-2H3,(H,19,21). The van der Waals surface area contributed by atoms with Crippen LogP contribution in [0.5, 0.6) is 0 Å². The van der Waals surface area contributed by atoms with Gasteiger partial charge in [-0.05, 0) is 49.7 Å². The number of aliphatic hydroxyl groups excluding tert-OH is 1. The molecule has 1 amide bonds. The molecule has 0 aliphatic heterocycles. The van der Waals surface area contributed by atoms with E-state index in [1.807, 2.05) is 13.0 Å². The van der Waals surface area contributed by atoms with E-state index in [2.05, 4.69) is 22.1 Å². The maximum atomic E-state index is 12.2. The van der Waals surface area contributed by atoms with Gasteiger partial charge in [-0.25, -0.2) is 0 Å². The van der Waals surface area contributed by atoms with Gasteiger partial charge in [0.2, 0.25) is 0 Å². The monoisotopic (exact) mass is 280 g/mol. The predicted molar refractivity (Wildman–Crippen MR) is 82.1 cm³/mol. The molecule has 1 aromatic heterocycles. The Morgan fingerprint density at radius 1 is 1.33 bits per heavy atom. The summed E-state index contributed by atoms with van der Waals surface area (Å²) in [6, 6.07) is 8.96. The van der Waals surface area contributed by atoms with Crippen molar-refractivity contribution in [1.82, 2.24) is 4.98 Å². The summed E-state index contributed by atoms with van der Waals surface area (Å²) in [5, 5.41) is 11.6. The number of hydrogen-bond donors (Lipinski definition) is 2. The van der Waals surface area contributed by atoms with Crippen LogP contribution in [0.15, 0.2) is 36.5 Å². The molecular weight excluding hydrogens is 264 g/mol. The summed E-state index contributed by atoms with van der Waals surface area (Å²) in [6.45, 7) is 3.53. The first-order chi connectivity index (χ1) is 10.1. The van der Waals surface area contributed by atoms with Crippen molar-refractivity contribution < 1.29 is 9.90 Å². The van der Waals surface area contributed by atoms with Crippen molar-refractivity contribution in [3.63, 3.8) is 0 Å². The zero-order chi connectivity index (χ0) is 15.2. The molecule has 0 bridgehead atoms. The number of nitrogens with one attached hydrogen (secondary N) is 1. The third-order valence-corrected chi connectivity index (χ3v) is 3.04. The van der Waals surface area contributed by atoms with Crippen LogP contribution in [0.1, 0.15) is 27.2 Å². The fourth-order valence-electron chi connectivity index (χ4n) is 1.94. The van der Waals surface area contributed by atoms with Gasteiger partial charge in [0.25, 0.3) is 5.91 Å². The van der Waals surface area contributed by atoms with Crippen molar-refractivity contribution in [2.75, 3.05) is 11.9 Å². The molecule has 0 saturated carbocycles. The minimum absolute atomic E-state index is 0.169. The largest absolute Gasteiger partial charge is 0.384 e. The van der Waals surface area contributed by atoms with Crippen LogP contribution < -0.4 is 5.32 Å². The highest BCUT2D eigenvalue weighted by molar-refractivity contribution is 6.05. The third-order valence-electron chi connectivity index (χ3n) is 3.04. The van der Waals surface area contributed by atoms with Crippen molar-refractivity contribution in [1.29, 1.82) is 0 Å². The van der Waals surface area contributed by atoms with Gasteiger partial charge >= 0.3 is 0 Å². The van der Waals surface area contributed by atoms with E-state index in [0.29, 0.717) is 11.3 Å². The minimum Gasteiger partial charge on any atom is -0.384 e. The van der Waals surface area contributed by atoms with Crippen LogP contribution in [0.2, 0.25) is 0 Å². The van der Waals surface area contributed by atoms with Gasteiger partial charge in [0.05, 0.1) is 5.56 Å². The maximum Gasteiger partial charge on any atom is 0.257 e. The van der Waals surface area contributed by atoms with Gasteiger partial charge in [-0.15, -0.1) is 0 Å². The Hall–Kier alpha value is -2.64. The molecule has 4 nitrogen and oxygen atoms in total. The van der Waals surface area contributed by atoms with Crippen molar-refractivity contribution >= 4 is 11.6 Å². The number of pyridine rings is 1. The molecule has 106 valence electrons. The molecule has 1 aromatic carbocycles. The predicted octanol–water partition coefficient (Wildman–Crippen LogP) is 2.29. The summed E-state index contributed by atoms with van der Waals surface area (Å²) in [4.78, 5) is 16.3. The lowest BCUT2D eigenvalue weighted by atomic mass is 10.1. The smallest absolute Gasteiger partial charge is 0.257 e. The number of amides is 1. The first-order valence-corrected chi connectivity index (χ1v) is 6.55. The Morgan fingerprint density at radius 2 is 2.14 bits per heavy atom. The fraction of sp³-hybridized carbons (Fsp3) is 0.176. The minimum atomic E-state index is -0.183. The summed E-state index contributed by atoms with van der Waals surface area (Å²) in [6.07, 6.45) is 1.66. The molecule has 0 atom stereocenters. The van der Waals surface area contributed by atoms with Gasteiger partial charge < -0.3 is 10.4 Å². The first-order valence-electron chi connectivity index (χ1n) is 6.55. The van der Waals surface area contributed by atoms with Gasteiger partial charge in [-0.2, -0.15) is 0 Å². The Kier molecular flexibility index (Phi) is 4.70. The van der Waals surface area contributed by atoms with Gasteiger partial charge in [0, 0.05) is 23.1 Å². The molecule has 0 radical (unpaired) electrons. The molecule has 0 aliphatic rings. The lowest BCUT2D eigenvalue weighted by Crippen LogP contribution is -2.14. The second-order valence-electron chi connectivity index (χ2n) is 4.58. The van der Waals surface area contributed by atoms with Crippen molar-refractivity contribution in [2.24, 2.45) is 0 Å². The molecular formula is C17H16N2O2. The van der Waals surface area contributed by atoms with Gasteiger partial charge in [0.1, 0.15) is 6.61 Å². The quantitative estimate of drug-likeness (QED) is 0.830. The van der Waals surface area contributed by atoms with Gasteiger partial charge in [-0.1, -0.05) is 11.8 Å². The van der Waals surface area contributed by atoms with E-state index >= 15 is 0 Å². The highest BCUT2D eigenvalue weighted by Crippen LogP contribution is 2.17. The molecule has 1 heterocycles. The van der Waals surface area contributed by atoms with E-state index in [4.69, 9.17) is 5.11 Å². The Labute approximate surface area is 123 Å². The number of benzene rings is 1. The molecule has 0 aliphatic carbocycles. The molecule has 0 unspecified atom stereocenters. The number of nitrogens with zero attached hydrogens (tertiary/aromatic N) is 1. The second-order valence-corrected chi connectivity index (χ2v) is 4.58. The zero-order valence-electron chi connectivity index (χ0n) is 12.0. The topological polar surface area (TPSA) is 62.2 Å². The number of anilines is 1. The molecule has 4 heteroatoms. The average Bonchev–Trinajstić information content (AvgIpc) is 2.48. The van der Waals surface area contributed by atoms with Crippen molar-refractivity contribution in [2.45, 2.75) is 13.8 Å². The fourth-order valence-corrected chi connectivity index (χ4v) is 1.94. The highest BCUT2D eigenvalue weighted by atomic mass is 16.2. The summed E-state index contributed by atoms with van der Waals surface area (Å²) in [5.74, 6) is 5.25. The van der Waals surface area contributed by atoms with E-state index < -0.39 is 0 Å². The first kappa shape index (κ1) is 14.8. The normalized spacial score (nSPS) is 9.67. The zero-order valence-corrected chi connectivity index (χ0v) is 12.0. The highest BCUT2D eigenvalue weighted by Gasteiger charge is 2.10. The molecule has 0 fully saturated rings. The Balaban J connectivity index is 2.20. The molecule has 2 rings (SSSR count). The summed E-state index contributed by atoms with van der Waals surface area (Å²) in [5.41, 5.74) is 3.70. The van der Waals surface area contributed by atoms with Crippen LogP contribution in [0, 0.1) is 25.7 Å². The van der Waals surface area contributed by atoms with Crippen LogP contribution >= 0.6 is 0 Å². The number of aliphatic hydroxyl groups is 1. The van der Waals surface area contributed by atoms with E-state index in [1.165, 1.54) is 0 Å². The summed E-state index contributed by atoms with van der Waals surface area (Å²) < 4.78 is 0. The SMILES string of the molecule is Cc1cc(C#CCO)ccc1NC(=O)c1cccnc1C. The van der Waals surface area contributed by atoms with Crippen molar-refractivity contribution in [3.05, 3.63) is 58.9 Å².